The molecule has 3 rings (SSSR count). The molecule has 0 aliphatic rings. The number of carbonyl (C=O) groups is 2. The first-order chi connectivity index (χ1) is 13.5. The molecule has 0 atom stereocenters. The quantitative estimate of drug-likeness (QED) is 0.607. The summed E-state index contributed by atoms with van der Waals surface area (Å²) >= 11 is 0. The SMILES string of the molecule is CCc1c(NC(=O)CNC(=O)c2cc(F)cc(F)c2)n[nH]c1-c1ccncc1. The third kappa shape index (κ3) is 4.37. The summed E-state index contributed by atoms with van der Waals surface area (Å²) in [5, 5.41) is 11.9. The molecule has 144 valence electrons. The Morgan fingerprint density at radius 3 is 2.43 bits per heavy atom. The van der Waals surface area contributed by atoms with Gasteiger partial charge in [0.25, 0.3) is 5.91 Å². The predicted molar refractivity (Wildman–Crippen MR) is 98.5 cm³/mol. The highest BCUT2D eigenvalue weighted by atomic mass is 19.1. The van der Waals surface area contributed by atoms with Crippen molar-refractivity contribution in [2.24, 2.45) is 0 Å². The number of nitrogens with one attached hydrogen (secondary N) is 3. The zero-order valence-electron chi connectivity index (χ0n) is 14.9. The van der Waals surface area contributed by atoms with Crippen LogP contribution in [0.4, 0.5) is 14.6 Å². The Kier molecular flexibility index (Phi) is 5.73. The van der Waals surface area contributed by atoms with Gasteiger partial charge in [0.05, 0.1) is 12.2 Å². The molecule has 0 unspecified atom stereocenters. The third-order valence-corrected chi connectivity index (χ3v) is 3.98. The second kappa shape index (κ2) is 8.38. The van der Waals surface area contributed by atoms with Crippen LogP contribution >= 0.6 is 0 Å². The van der Waals surface area contributed by atoms with E-state index in [-0.39, 0.29) is 12.1 Å². The summed E-state index contributed by atoms with van der Waals surface area (Å²) < 4.78 is 26.4. The van der Waals surface area contributed by atoms with Gasteiger partial charge in [0.1, 0.15) is 11.6 Å². The normalized spacial score (nSPS) is 10.5. The molecule has 3 N–H and O–H groups in total. The number of halogens is 2. The molecule has 0 radical (unpaired) electrons. The molecule has 0 saturated carbocycles. The largest absolute Gasteiger partial charge is 0.343 e. The van der Waals surface area contributed by atoms with Crippen LogP contribution in [0.2, 0.25) is 0 Å². The number of aromatic amines is 1. The summed E-state index contributed by atoms with van der Waals surface area (Å²) in [7, 11) is 0. The number of nitrogens with zero attached hydrogens (tertiary/aromatic N) is 2. The number of carbonyl (C=O) groups excluding carboxylic acids is 2. The predicted octanol–water partition coefficient (Wildman–Crippen LogP) is 2.68. The van der Waals surface area contributed by atoms with Crippen LogP contribution in [0, 0.1) is 11.6 Å². The van der Waals surface area contributed by atoms with Crippen molar-refractivity contribution in [2.75, 3.05) is 11.9 Å². The van der Waals surface area contributed by atoms with Gasteiger partial charge in [0.2, 0.25) is 5.91 Å². The highest BCUT2D eigenvalue weighted by Crippen LogP contribution is 2.26. The topological polar surface area (TPSA) is 99.8 Å². The standard InChI is InChI=1S/C19H17F2N5O2/c1-2-15-17(11-3-5-22-6-4-11)25-26-18(15)24-16(27)10-23-19(28)12-7-13(20)9-14(21)8-12/h3-9H,2,10H2,1H3,(H,23,28)(H2,24,25,26,27). The Balaban J connectivity index is 1.65. The van der Waals surface area contributed by atoms with Crippen LogP contribution in [0.1, 0.15) is 22.8 Å². The van der Waals surface area contributed by atoms with Crippen LogP contribution in [-0.2, 0) is 11.2 Å². The number of aromatic nitrogens is 3. The molecule has 3 aromatic rings. The number of hydrogen-bond acceptors (Lipinski definition) is 4. The number of pyridine rings is 1. The number of anilines is 1. The molecule has 0 bridgehead atoms. The number of hydrogen-bond donors (Lipinski definition) is 3. The molecule has 2 amide bonds. The van der Waals surface area contributed by atoms with E-state index in [4.69, 9.17) is 0 Å². The lowest BCUT2D eigenvalue weighted by molar-refractivity contribution is -0.115. The molecule has 1 aromatic carbocycles. The van der Waals surface area contributed by atoms with E-state index >= 15 is 0 Å². The number of benzene rings is 1. The van der Waals surface area contributed by atoms with Crippen molar-refractivity contribution >= 4 is 17.6 Å². The van der Waals surface area contributed by atoms with Crippen LogP contribution in [0.5, 0.6) is 0 Å². The van der Waals surface area contributed by atoms with E-state index in [1.165, 1.54) is 0 Å². The van der Waals surface area contributed by atoms with Gasteiger partial charge in [0, 0.05) is 35.2 Å². The van der Waals surface area contributed by atoms with E-state index < -0.39 is 23.4 Å². The lowest BCUT2D eigenvalue weighted by Gasteiger charge is -2.07. The van der Waals surface area contributed by atoms with Gasteiger partial charge in [-0.1, -0.05) is 6.92 Å². The smallest absolute Gasteiger partial charge is 0.251 e. The van der Waals surface area contributed by atoms with Crippen molar-refractivity contribution in [3.05, 3.63) is 65.5 Å². The van der Waals surface area contributed by atoms with Gasteiger partial charge in [-0.3, -0.25) is 19.7 Å². The zero-order valence-corrected chi connectivity index (χ0v) is 14.9. The molecule has 7 nitrogen and oxygen atoms in total. The van der Waals surface area contributed by atoms with Crippen LogP contribution in [0.15, 0.2) is 42.7 Å². The summed E-state index contributed by atoms with van der Waals surface area (Å²) in [5.74, 6) is -2.67. The lowest BCUT2D eigenvalue weighted by atomic mass is 10.1. The average Bonchev–Trinajstić information content (AvgIpc) is 3.08. The van der Waals surface area contributed by atoms with Crippen LogP contribution in [0.3, 0.4) is 0 Å². The Bertz CT molecular complexity index is 985. The average molecular weight is 385 g/mol. The third-order valence-electron chi connectivity index (χ3n) is 3.98. The highest BCUT2D eigenvalue weighted by molar-refractivity contribution is 5.99. The minimum Gasteiger partial charge on any atom is -0.343 e. The van der Waals surface area contributed by atoms with Gasteiger partial charge in [-0.15, -0.1) is 0 Å². The Labute approximate surface area is 159 Å². The lowest BCUT2D eigenvalue weighted by Crippen LogP contribution is -2.33. The van der Waals surface area contributed by atoms with Crippen molar-refractivity contribution in [2.45, 2.75) is 13.3 Å². The van der Waals surface area contributed by atoms with Crippen molar-refractivity contribution in [3.63, 3.8) is 0 Å². The molecule has 28 heavy (non-hydrogen) atoms. The molecule has 9 heteroatoms. The summed E-state index contributed by atoms with van der Waals surface area (Å²) in [6.07, 6.45) is 3.91. The molecular formula is C19H17F2N5O2. The molecule has 0 fully saturated rings. The Morgan fingerprint density at radius 2 is 1.79 bits per heavy atom. The molecule has 0 saturated heterocycles. The van der Waals surface area contributed by atoms with E-state index in [1.54, 1.807) is 12.4 Å². The number of H-pyrrole nitrogens is 1. The van der Waals surface area contributed by atoms with E-state index in [2.05, 4.69) is 25.8 Å². The van der Waals surface area contributed by atoms with Gasteiger partial charge in [-0.2, -0.15) is 5.10 Å². The van der Waals surface area contributed by atoms with E-state index in [1.807, 2.05) is 19.1 Å². The fraction of sp³-hybridized carbons (Fsp3) is 0.158. The van der Waals surface area contributed by atoms with E-state index in [9.17, 15) is 18.4 Å². The van der Waals surface area contributed by atoms with E-state index in [0.29, 0.717) is 18.3 Å². The van der Waals surface area contributed by atoms with Crippen LogP contribution < -0.4 is 10.6 Å². The monoisotopic (exact) mass is 385 g/mol. The van der Waals surface area contributed by atoms with Gasteiger partial charge in [0.15, 0.2) is 5.82 Å². The summed E-state index contributed by atoms with van der Waals surface area (Å²) in [5.41, 5.74) is 2.23. The maximum atomic E-state index is 13.2. The van der Waals surface area contributed by atoms with Crippen LogP contribution in [-0.4, -0.2) is 33.5 Å². The maximum Gasteiger partial charge on any atom is 0.251 e. The van der Waals surface area contributed by atoms with E-state index in [0.717, 1.165) is 29.0 Å². The molecule has 0 aliphatic heterocycles. The Morgan fingerprint density at radius 1 is 1.11 bits per heavy atom. The molecule has 2 heterocycles. The zero-order chi connectivity index (χ0) is 20.1. The second-order valence-electron chi connectivity index (χ2n) is 5.90. The Hall–Kier alpha value is -3.62. The first-order valence-corrected chi connectivity index (χ1v) is 8.49. The number of rotatable bonds is 6. The summed E-state index contributed by atoms with van der Waals surface area (Å²) in [6.45, 7) is 1.54. The van der Waals surface area contributed by atoms with Crippen molar-refractivity contribution in [1.82, 2.24) is 20.5 Å². The van der Waals surface area contributed by atoms with Gasteiger partial charge < -0.3 is 10.6 Å². The summed E-state index contributed by atoms with van der Waals surface area (Å²) in [6, 6.07) is 6.07. The van der Waals surface area contributed by atoms with Crippen molar-refractivity contribution in [3.8, 4) is 11.3 Å². The van der Waals surface area contributed by atoms with Gasteiger partial charge in [-0.05, 0) is 30.7 Å². The van der Waals surface area contributed by atoms with Crippen molar-refractivity contribution < 1.29 is 18.4 Å². The highest BCUT2D eigenvalue weighted by Gasteiger charge is 2.16. The van der Waals surface area contributed by atoms with Crippen molar-refractivity contribution in [1.29, 1.82) is 0 Å². The molecule has 0 spiro atoms. The minimum absolute atomic E-state index is 0.209. The first kappa shape index (κ1) is 19.2. The minimum atomic E-state index is -0.873. The molecule has 0 aliphatic carbocycles. The fourth-order valence-electron chi connectivity index (χ4n) is 2.69. The maximum absolute atomic E-state index is 13.2. The molecule has 2 aromatic heterocycles. The fourth-order valence-corrected chi connectivity index (χ4v) is 2.69. The van der Waals surface area contributed by atoms with Crippen LogP contribution in [0.25, 0.3) is 11.3 Å². The first-order valence-electron chi connectivity index (χ1n) is 8.49. The second-order valence-corrected chi connectivity index (χ2v) is 5.90. The molecular weight excluding hydrogens is 368 g/mol. The van der Waals surface area contributed by atoms with Gasteiger partial charge >= 0.3 is 0 Å². The number of amides is 2. The van der Waals surface area contributed by atoms with Gasteiger partial charge in [-0.25, -0.2) is 8.78 Å². The summed E-state index contributed by atoms with van der Waals surface area (Å²) in [4.78, 5) is 28.1.